The minimum atomic E-state index is -0.154. The van der Waals surface area contributed by atoms with Crippen LogP contribution in [0.2, 0.25) is 0 Å². The minimum absolute atomic E-state index is 0.0751. The van der Waals surface area contributed by atoms with Crippen molar-refractivity contribution in [1.29, 1.82) is 0 Å². The van der Waals surface area contributed by atoms with Crippen LogP contribution in [0, 0.1) is 5.92 Å². The van der Waals surface area contributed by atoms with E-state index < -0.39 is 0 Å². The van der Waals surface area contributed by atoms with E-state index in [0.29, 0.717) is 19.8 Å². The topological polar surface area (TPSA) is 70.6 Å². The fourth-order valence-electron chi connectivity index (χ4n) is 3.17. The molecule has 0 aliphatic heterocycles. The summed E-state index contributed by atoms with van der Waals surface area (Å²) in [6, 6.07) is 7.99. The van der Waals surface area contributed by atoms with Crippen molar-refractivity contribution in [2.75, 3.05) is 13.2 Å². The van der Waals surface area contributed by atoms with Gasteiger partial charge in [-0.2, -0.15) is 0 Å². The Labute approximate surface area is 144 Å². The van der Waals surface area contributed by atoms with E-state index in [1.54, 1.807) is 0 Å². The first kappa shape index (κ1) is 18.7. The van der Waals surface area contributed by atoms with Crippen LogP contribution in [0.15, 0.2) is 24.3 Å². The highest BCUT2D eigenvalue weighted by atomic mass is 16.5. The number of aliphatic hydroxyl groups excluding tert-OH is 1. The maximum Gasteiger partial charge on any atom is 0.315 e. The normalized spacial score (nSPS) is 21.1. The molecule has 0 aromatic heterocycles. The van der Waals surface area contributed by atoms with Crippen LogP contribution in [-0.2, 0) is 17.9 Å². The SMILES string of the molecule is CCOCc1ccc(CNC(=O)NC2CCCCCC2CO)cc1. The van der Waals surface area contributed by atoms with E-state index in [4.69, 9.17) is 4.74 Å². The van der Waals surface area contributed by atoms with Gasteiger partial charge in [-0.15, -0.1) is 0 Å². The van der Waals surface area contributed by atoms with Crippen LogP contribution in [0.5, 0.6) is 0 Å². The van der Waals surface area contributed by atoms with E-state index in [2.05, 4.69) is 10.6 Å². The van der Waals surface area contributed by atoms with Crippen molar-refractivity contribution in [3.8, 4) is 0 Å². The molecule has 0 heterocycles. The second kappa shape index (κ2) is 10.3. The van der Waals surface area contributed by atoms with Crippen molar-refractivity contribution in [2.45, 2.75) is 58.2 Å². The van der Waals surface area contributed by atoms with Crippen molar-refractivity contribution in [3.05, 3.63) is 35.4 Å². The Kier molecular flexibility index (Phi) is 8.05. The highest BCUT2D eigenvalue weighted by Crippen LogP contribution is 2.23. The number of rotatable bonds is 7. The molecule has 0 bridgehead atoms. The van der Waals surface area contributed by atoms with Gasteiger partial charge in [-0.1, -0.05) is 43.5 Å². The molecule has 2 atom stereocenters. The first-order chi connectivity index (χ1) is 11.7. The predicted molar refractivity (Wildman–Crippen MR) is 94.6 cm³/mol. The van der Waals surface area contributed by atoms with Gasteiger partial charge in [-0.3, -0.25) is 0 Å². The number of ether oxygens (including phenoxy) is 1. The summed E-state index contributed by atoms with van der Waals surface area (Å²) in [5.41, 5.74) is 2.19. The number of urea groups is 1. The summed E-state index contributed by atoms with van der Waals surface area (Å²) in [5.74, 6) is 0.177. The third-order valence-electron chi connectivity index (χ3n) is 4.66. The molecule has 2 unspecified atom stereocenters. The zero-order valence-electron chi connectivity index (χ0n) is 14.6. The molecule has 0 saturated heterocycles. The van der Waals surface area contributed by atoms with Crippen LogP contribution in [0.1, 0.15) is 50.2 Å². The van der Waals surface area contributed by atoms with Gasteiger partial charge in [0.25, 0.3) is 0 Å². The number of carbonyl (C=O) groups is 1. The molecule has 24 heavy (non-hydrogen) atoms. The average molecular weight is 334 g/mol. The van der Waals surface area contributed by atoms with Gasteiger partial charge in [0.1, 0.15) is 0 Å². The molecule has 1 fully saturated rings. The molecule has 0 spiro atoms. The summed E-state index contributed by atoms with van der Waals surface area (Å²) in [6.07, 6.45) is 5.37. The molecule has 1 aliphatic carbocycles. The molecular formula is C19H30N2O3. The van der Waals surface area contributed by atoms with Crippen LogP contribution in [0.4, 0.5) is 4.79 Å². The molecule has 0 radical (unpaired) electrons. The summed E-state index contributed by atoms with van der Waals surface area (Å²) in [7, 11) is 0. The predicted octanol–water partition coefficient (Wildman–Crippen LogP) is 2.96. The second-order valence-corrected chi connectivity index (χ2v) is 6.47. The molecule has 1 aliphatic rings. The molecule has 134 valence electrons. The lowest BCUT2D eigenvalue weighted by atomic mass is 9.96. The van der Waals surface area contributed by atoms with E-state index >= 15 is 0 Å². The van der Waals surface area contributed by atoms with Crippen LogP contribution < -0.4 is 10.6 Å². The van der Waals surface area contributed by atoms with Gasteiger partial charge in [0.15, 0.2) is 0 Å². The van der Waals surface area contributed by atoms with E-state index in [9.17, 15) is 9.90 Å². The third kappa shape index (κ3) is 6.13. The van der Waals surface area contributed by atoms with E-state index in [-0.39, 0.29) is 24.6 Å². The third-order valence-corrected chi connectivity index (χ3v) is 4.66. The smallest absolute Gasteiger partial charge is 0.315 e. The van der Waals surface area contributed by atoms with Gasteiger partial charge < -0.3 is 20.5 Å². The van der Waals surface area contributed by atoms with Crippen LogP contribution >= 0.6 is 0 Å². The minimum Gasteiger partial charge on any atom is -0.396 e. The molecular weight excluding hydrogens is 304 g/mol. The Bertz CT molecular complexity index is 490. The highest BCUT2D eigenvalue weighted by Gasteiger charge is 2.24. The zero-order valence-corrected chi connectivity index (χ0v) is 14.6. The fraction of sp³-hybridized carbons (Fsp3) is 0.632. The molecule has 1 aromatic carbocycles. The number of benzene rings is 1. The van der Waals surface area contributed by atoms with Crippen LogP contribution in [0.25, 0.3) is 0 Å². The Balaban J connectivity index is 1.77. The number of aliphatic hydroxyl groups is 1. The largest absolute Gasteiger partial charge is 0.396 e. The summed E-state index contributed by atoms with van der Waals surface area (Å²) in [6.45, 7) is 3.95. The van der Waals surface area contributed by atoms with Gasteiger partial charge in [0.2, 0.25) is 0 Å². The summed E-state index contributed by atoms with van der Waals surface area (Å²) < 4.78 is 5.37. The lowest BCUT2D eigenvalue weighted by Gasteiger charge is -2.24. The Morgan fingerprint density at radius 3 is 2.58 bits per heavy atom. The average Bonchev–Trinajstić information content (AvgIpc) is 2.84. The standard InChI is InChI=1S/C19H30N2O3/c1-2-24-14-16-10-8-15(9-11-16)12-20-19(23)21-18-7-5-3-4-6-17(18)13-22/h8-11,17-18,22H,2-7,12-14H2,1H3,(H2,20,21,23). The van der Waals surface area contributed by atoms with Crippen molar-refractivity contribution >= 4 is 6.03 Å². The number of hydrogen-bond acceptors (Lipinski definition) is 3. The van der Waals surface area contributed by atoms with Gasteiger partial charge in [-0.25, -0.2) is 4.79 Å². The summed E-state index contributed by atoms with van der Waals surface area (Å²) in [4.78, 5) is 12.1. The molecule has 1 aromatic rings. The lowest BCUT2D eigenvalue weighted by Crippen LogP contribution is -2.45. The summed E-state index contributed by atoms with van der Waals surface area (Å²) in [5, 5.41) is 15.5. The van der Waals surface area contributed by atoms with E-state index in [0.717, 1.165) is 36.8 Å². The van der Waals surface area contributed by atoms with Crippen molar-refractivity contribution < 1.29 is 14.6 Å². The van der Waals surface area contributed by atoms with Gasteiger partial charge >= 0.3 is 6.03 Å². The zero-order chi connectivity index (χ0) is 17.2. The first-order valence-electron chi connectivity index (χ1n) is 9.03. The number of hydrogen-bond donors (Lipinski definition) is 3. The Hall–Kier alpha value is -1.59. The molecule has 2 amide bonds. The van der Waals surface area contributed by atoms with Crippen molar-refractivity contribution in [2.24, 2.45) is 5.92 Å². The van der Waals surface area contributed by atoms with E-state index in [1.165, 1.54) is 6.42 Å². The first-order valence-corrected chi connectivity index (χ1v) is 9.03. The Morgan fingerprint density at radius 2 is 1.88 bits per heavy atom. The maximum atomic E-state index is 12.1. The number of carbonyl (C=O) groups excluding carboxylic acids is 1. The van der Waals surface area contributed by atoms with Gasteiger partial charge in [-0.05, 0) is 30.9 Å². The summed E-state index contributed by atoms with van der Waals surface area (Å²) >= 11 is 0. The molecule has 5 heteroatoms. The second-order valence-electron chi connectivity index (χ2n) is 6.47. The number of amides is 2. The number of nitrogens with one attached hydrogen (secondary N) is 2. The van der Waals surface area contributed by atoms with Crippen molar-refractivity contribution in [3.63, 3.8) is 0 Å². The monoisotopic (exact) mass is 334 g/mol. The van der Waals surface area contributed by atoms with Crippen LogP contribution in [-0.4, -0.2) is 30.4 Å². The Morgan fingerprint density at radius 1 is 1.17 bits per heavy atom. The maximum absolute atomic E-state index is 12.1. The fourth-order valence-corrected chi connectivity index (χ4v) is 3.17. The van der Waals surface area contributed by atoms with Crippen molar-refractivity contribution in [1.82, 2.24) is 10.6 Å². The molecule has 3 N–H and O–H groups in total. The van der Waals surface area contributed by atoms with Gasteiger partial charge in [0, 0.05) is 31.7 Å². The quantitative estimate of drug-likeness (QED) is 0.671. The lowest BCUT2D eigenvalue weighted by molar-refractivity contribution is 0.134. The van der Waals surface area contributed by atoms with Crippen LogP contribution in [0.3, 0.4) is 0 Å². The van der Waals surface area contributed by atoms with E-state index in [1.807, 2.05) is 31.2 Å². The highest BCUT2D eigenvalue weighted by molar-refractivity contribution is 5.74. The molecule has 1 saturated carbocycles. The molecule has 5 nitrogen and oxygen atoms in total. The van der Waals surface area contributed by atoms with Gasteiger partial charge in [0.05, 0.1) is 6.61 Å². The molecule has 2 rings (SSSR count).